The molecule has 1 aliphatic carbocycles. The van der Waals surface area contributed by atoms with Gasteiger partial charge in [0.2, 0.25) is 5.91 Å². The number of hydrogen-bond donors (Lipinski definition) is 1. The number of hydrogen-bond acceptors (Lipinski definition) is 6. The molecule has 1 aliphatic rings. The lowest BCUT2D eigenvalue weighted by atomic mass is 10.2. The Bertz CT molecular complexity index is 1090. The average molecular weight is 441 g/mol. The van der Waals surface area contributed by atoms with Crippen LogP contribution < -0.4 is 5.32 Å². The molecule has 0 bridgehead atoms. The fourth-order valence-corrected chi connectivity index (χ4v) is 4.93. The smallest absolute Gasteiger partial charge is 0.226 e. The quantitative estimate of drug-likeness (QED) is 0.523. The van der Waals surface area contributed by atoms with Gasteiger partial charge in [-0.15, -0.1) is 23.1 Å². The van der Waals surface area contributed by atoms with Gasteiger partial charge < -0.3 is 5.32 Å². The third-order valence-electron chi connectivity index (χ3n) is 4.59. The van der Waals surface area contributed by atoms with Crippen LogP contribution in [0.25, 0.3) is 11.3 Å². The van der Waals surface area contributed by atoms with E-state index in [1.54, 1.807) is 0 Å². The van der Waals surface area contributed by atoms with Gasteiger partial charge in [-0.3, -0.25) is 4.79 Å². The fourth-order valence-electron chi connectivity index (χ4n) is 3.15. The maximum absolute atomic E-state index is 12.3. The van der Waals surface area contributed by atoms with Gasteiger partial charge in [0.05, 0.1) is 11.3 Å². The number of carbonyl (C=O) groups is 1. The molecule has 5 nitrogen and oxygen atoms in total. The van der Waals surface area contributed by atoms with Crippen LogP contribution in [0.1, 0.15) is 29.7 Å². The summed E-state index contributed by atoms with van der Waals surface area (Å²) in [6, 6.07) is 11.6. The molecule has 1 aromatic carbocycles. The standard InChI is InChI=1S/C21H17ClN4OS2/c22-16-6-4-13(5-7-16)18-12-29-21(25-18)26-19(27)8-9-28-20-15(11-23)10-14-2-1-3-17(14)24-20/h4-7,10,12H,1-3,8-9H2,(H,25,26,27). The average Bonchev–Trinajstić information content (AvgIpc) is 3.37. The summed E-state index contributed by atoms with van der Waals surface area (Å²) in [5.74, 6) is 0.455. The second kappa shape index (κ2) is 8.95. The van der Waals surface area contributed by atoms with Crippen LogP contribution >= 0.6 is 34.7 Å². The van der Waals surface area contributed by atoms with Crippen molar-refractivity contribution < 1.29 is 4.79 Å². The highest BCUT2D eigenvalue weighted by Gasteiger charge is 2.17. The van der Waals surface area contributed by atoms with E-state index in [-0.39, 0.29) is 5.91 Å². The van der Waals surface area contributed by atoms with Crippen LogP contribution in [0.15, 0.2) is 40.7 Å². The van der Waals surface area contributed by atoms with Crippen molar-refractivity contribution >= 4 is 45.7 Å². The number of pyridine rings is 1. The van der Waals surface area contributed by atoms with Gasteiger partial charge in [-0.05, 0) is 43.0 Å². The SMILES string of the molecule is N#Cc1cc2c(nc1SCCC(=O)Nc1nc(-c3ccc(Cl)cc3)cs1)CCC2. The van der Waals surface area contributed by atoms with Gasteiger partial charge in [0, 0.05) is 33.8 Å². The highest BCUT2D eigenvalue weighted by atomic mass is 35.5. The van der Waals surface area contributed by atoms with Crippen LogP contribution in [-0.2, 0) is 17.6 Å². The number of benzene rings is 1. The Hall–Kier alpha value is -2.40. The molecule has 2 aromatic heterocycles. The first-order valence-corrected chi connectivity index (χ1v) is 11.4. The van der Waals surface area contributed by atoms with Gasteiger partial charge >= 0.3 is 0 Å². The predicted octanol–water partition coefficient (Wildman–Crippen LogP) is 5.34. The Balaban J connectivity index is 1.32. The molecule has 4 rings (SSSR count). The third kappa shape index (κ3) is 4.78. The van der Waals surface area contributed by atoms with Crippen molar-refractivity contribution in [2.24, 2.45) is 0 Å². The number of thioether (sulfide) groups is 1. The van der Waals surface area contributed by atoms with E-state index in [0.29, 0.717) is 27.9 Å². The first-order valence-electron chi connectivity index (χ1n) is 9.19. The van der Waals surface area contributed by atoms with E-state index in [1.165, 1.54) is 28.7 Å². The molecule has 1 N–H and O–H groups in total. The maximum atomic E-state index is 12.3. The number of anilines is 1. The van der Waals surface area contributed by atoms with E-state index in [2.05, 4.69) is 21.4 Å². The molecule has 146 valence electrons. The van der Waals surface area contributed by atoms with Gasteiger partial charge in [0.15, 0.2) is 5.13 Å². The molecular weight excluding hydrogens is 424 g/mol. The van der Waals surface area contributed by atoms with Crippen LogP contribution in [0.2, 0.25) is 5.02 Å². The van der Waals surface area contributed by atoms with Crippen molar-refractivity contribution in [3.05, 3.63) is 57.6 Å². The number of amides is 1. The van der Waals surface area contributed by atoms with Crippen molar-refractivity contribution in [1.82, 2.24) is 9.97 Å². The molecule has 0 saturated carbocycles. The van der Waals surface area contributed by atoms with Crippen molar-refractivity contribution in [3.8, 4) is 17.3 Å². The maximum Gasteiger partial charge on any atom is 0.226 e. The fraction of sp³-hybridized carbons (Fsp3) is 0.238. The zero-order chi connectivity index (χ0) is 20.2. The Morgan fingerprint density at radius 2 is 2.10 bits per heavy atom. The Kier molecular flexibility index (Phi) is 6.14. The van der Waals surface area contributed by atoms with E-state index in [4.69, 9.17) is 11.6 Å². The Morgan fingerprint density at radius 3 is 2.90 bits per heavy atom. The number of aryl methyl sites for hydroxylation is 2. The predicted molar refractivity (Wildman–Crippen MR) is 118 cm³/mol. The van der Waals surface area contributed by atoms with E-state index >= 15 is 0 Å². The van der Waals surface area contributed by atoms with Crippen molar-refractivity contribution in [2.45, 2.75) is 30.7 Å². The topological polar surface area (TPSA) is 78.7 Å². The molecule has 2 heterocycles. The zero-order valence-corrected chi connectivity index (χ0v) is 17.8. The van der Waals surface area contributed by atoms with Crippen LogP contribution in [0.3, 0.4) is 0 Å². The molecular formula is C21H17ClN4OS2. The first-order chi connectivity index (χ1) is 14.1. The van der Waals surface area contributed by atoms with Gasteiger partial charge in [-0.1, -0.05) is 23.7 Å². The third-order valence-corrected chi connectivity index (χ3v) is 6.60. The lowest BCUT2D eigenvalue weighted by Crippen LogP contribution is -2.12. The van der Waals surface area contributed by atoms with E-state index in [0.717, 1.165) is 41.2 Å². The summed E-state index contributed by atoms with van der Waals surface area (Å²) in [5.41, 5.74) is 4.63. The largest absolute Gasteiger partial charge is 0.302 e. The molecule has 0 atom stereocenters. The number of nitriles is 1. The lowest BCUT2D eigenvalue weighted by molar-refractivity contribution is -0.115. The van der Waals surface area contributed by atoms with Crippen molar-refractivity contribution in [2.75, 3.05) is 11.1 Å². The second-order valence-electron chi connectivity index (χ2n) is 6.60. The first kappa shape index (κ1) is 19.9. The molecule has 0 aliphatic heterocycles. The number of aromatic nitrogens is 2. The van der Waals surface area contributed by atoms with Crippen LogP contribution in [-0.4, -0.2) is 21.6 Å². The number of thiazole rings is 1. The summed E-state index contributed by atoms with van der Waals surface area (Å²) in [6.45, 7) is 0. The number of carbonyl (C=O) groups excluding carboxylic acids is 1. The van der Waals surface area contributed by atoms with Crippen molar-refractivity contribution in [1.29, 1.82) is 5.26 Å². The molecule has 1 amide bonds. The number of halogens is 1. The monoisotopic (exact) mass is 440 g/mol. The molecule has 8 heteroatoms. The Morgan fingerprint density at radius 1 is 1.28 bits per heavy atom. The number of rotatable bonds is 6. The number of nitrogens with one attached hydrogen (secondary N) is 1. The van der Waals surface area contributed by atoms with E-state index < -0.39 is 0 Å². The molecule has 0 fully saturated rings. The second-order valence-corrected chi connectivity index (χ2v) is 8.98. The highest BCUT2D eigenvalue weighted by Crippen LogP contribution is 2.29. The van der Waals surface area contributed by atoms with E-state index in [9.17, 15) is 10.1 Å². The molecule has 0 spiro atoms. The van der Waals surface area contributed by atoms with Gasteiger partial charge in [-0.2, -0.15) is 5.26 Å². The number of nitrogens with zero attached hydrogens (tertiary/aromatic N) is 3. The van der Waals surface area contributed by atoms with Crippen LogP contribution in [0, 0.1) is 11.3 Å². The lowest BCUT2D eigenvalue weighted by Gasteiger charge is -2.06. The molecule has 0 saturated heterocycles. The summed E-state index contributed by atoms with van der Waals surface area (Å²) in [4.78, 5) is 21.4. The van der Waals surface area contributed by atoms with E-state index in [1.807, 2.05) is 35.7 Å². The summed E-state index contributed by atoms with van der Waals surface area (Å²) in [6.07, 6.45) is 3.38. The molecule has 0 unspecified atom stereocenters. The molecule has 29 heavy (non-hydrogen) atoms. The van der Waals surface area contributed by atoms with Crippen LogP contribution in [0.4, 0.5) is 5.13 Å². The number of fused-ring (bicyclic) bond motifs is 1. The highest BCUT2D eigenvalue weighted by molar-refractivity contribution is 7.99. The summed E-state index contributed by atoms with van der Waals surface area (Å²) < 4.78 is 0. The zero-order valence-electron chi connectivity index (χ0n) is 15.4. The minimum absolute atomic E-state index is 0.103. The van der Waals surface area contributed by atoms with Gasteiger partial charge in [0.1, 0.15) is 11.1 Å². The molecule has 3 aromatic rings. The normalized spacial score (nSPS) is 12.4. The summed E-state index contributed by atoms with van der Waals surface area (Å²) in [7, 11) is 0. The van der Waals surface area contributed by atoms with Gasteiger partial charge in [-0.25, -0.2) is 9.97 Å². The summed E-state index contributed by atoms with van der Waals surface area (Å²) >= 11 is 8.76. The van der Waals surface area contributed by atoms with Gasteiger partial charge in [0.25, 0.3) is 0 Å². The minimum atomic E-state index is -0.103. The van der Waals surface area contributed by atoms with Crippen molar-refractivity contribution in [3.63, 3.8) is 0 Å². The molecule has 0 radical (unpaired) electrons. The minimum Gasteiger partial charge on any atom is -0.302 e. The van der Waals surface area contributed by atoms with Crippen LogP contribution in [0.5, 0.6) is 0 Å². The summed E-state index contributed by atoms with van der Waals surface area (Å²) in [5, 5.41) is 16.1. The Labute approximate surface area is 182 Å².